The Kier molecular flexibility index (Phi) is 8.33. The van der Waals surface area contributed by atoms with Gasteiger partial charge in [-0.1, -0.05) is 31.2 Å². The number of ketones is 1. The summed E-state index contributed by atoms with van der Waals surface area (Å²) in [5, 5.41) is 0. The van der Waals surface area contributed by atoms with Crippen LogP contribution >= 0.6 is 0 Å². The van der Waals surface area contributed by atoms with Crippen LogP contribution in [-0.2, 0) is 4.79 Å². The van der Waals surface area contributed by atoms with Crippen molar-refractivity contribution in [1.82, 2.24) is 0 Å². The molecule has 1 aliphatic rings. The lowest BCUT2D eigenvalue weighted by molar-refractivity contribution is -0.113. The van der Waals surface area contributed by atoms with Gasteiger partial charge in [0.15, 0.2) is 5.78 Å². The van der Waals surface area contributed by atoms with Crippen LogP contribution in [0.1, 0.15) is 58.6 Å². The fourth-order valence-corrected chi connectivity index (χ4v) is 4.61. The van der Waals surface area contributed by atoms with Gasteiger partial charge in [0, 0.05) is 48.7 Å². The average Bonchev–Trinajstić information content (AvgIpc) is 2.80. The average molecular weight is 431 g/mol. The van der Waals surface area contributed by atoms with Crippen LogP contribution in [0.4, 0.5) is 11.4 Å². The highest BCUT2D eigenvalue weighted by atomic mass is 16.1. The van der Waals surface area contributed by atoms with E-state index in [0.717, 1.165) is 61.3 Å². The molecule has 3 nitrogen and oxygen atoms in total. The second kappa shape index (κ2) is 11.2. The Balaban J connectivity index is 1.81. The van der Waals surface area contributed by atoms with Crippen molar-refractivity contribution in [1.29, 1.82) is 0 Å². The molecule has 1 saturated carbocycles. The maximum absolute atomic E-state index is 13.3. The van der Waals surface area contributed by atoms with Crippen LogP contribution in [0, 0.1) is 5.92 Å². The van der Waals surface area contributed by atoms with Crippen molar-refractivity contribution in [2.45, 2.75) is 47.5 Å². The van der Waals surface area contributed by atoms with Gasteiger partial charge in [0.1, 0.15) is 0 Å². The van der Waals surface area contributed by atoms with Gasteiger partial charge in [-0.3, -0.25) is 4.79 Å². The van der Waals surface area contributed by atoms with E-state index in [2.05, 4.69) is 105 Å². The van der Waals surface area contributed by atoms with E-state index < -0.39 is 0 Å². The number of allylic oxidation sites excluding steroid dienone is 2. The van der Waals surface area contributed by atoms with Crippen LogP contribution < -0.4 is 9.80 Å². The minimum Gasteiger partial charge on any atom is -0.372 e. The largest absolute Gasteiger partial charge is 0.372 e. The Morgan fingerprint density at radius 2 is 1.03 bits per heavy atom. The van der Waals surface area contributed by atoms with Gasteiger partial charge < -0.3 is 9.80 Å². The van der Waals surface area contributed by atoms with E-state index in [0.29, 0.717) is 5.92 Å². The third-order valence-corrected chi connectivity index (χ3v) is 6.45. The molecule has 0 unspecified atom stereocenters. The predicted octanol–water partition coefficient (Wildman–Crippen LogP) is 6.85. The molecular formula is C29H38N2O. The molecule has 0 atom stereocenters. The lowest BCUT2D eigenvalue weighted by atomic mass is 9.81. The first-order valence-corrected chi connectivity index (χ1v) is 12.1. The van der Waals surface area contributed by atoms with E-state index in [9.17, 15) is 4.79 Å². The summed E-state index contributed by atoms with van der Waals surface area (Å²) in [4.78, 5) is 17.9. The Labute approximate surface area is 194 Å². The highest BCUT2D eigenvalue weighted by molar-refractivity contribution is 6.14. The molecule has 0 bridgehead atoms. The summed E-state index contributed by atoms with van der Waals surface area (Å²) in [6, 6.07) is 17.1. The quantitative estimate of drug-likeness (QED) is 0.428. The number of anilines is 2. The minimum absolute atomic E-state index is 0.198. The normalized spacial score (nSPS) is 18.9. The molecule has 32 heavy (non-hydrogen) atoms. The third-order valence-electron chi connectivity index (χ3n) is 6.45. The molecule has 0 amide bonds. The van der Waals surface area contributed by atoms with Crippen molar-refractivity contribution in [2.75, 3.05) is 36.0 Å². The van der Waals surface area contributed by atoms with Gasteiger partial charge in [0.2, 0.25) is 0 Å². The molecule has 0 radical (unpaired) electrons. The molecule has 0 aliphatic heterocycles. The van der Waals surface area contributed by atoms with Crippen LogP contribution in [0.25, 0.3) is 12.2 Å². The number of Topliss-reactive ketones (excluding diaryl/α,β-unsaturated/α-hetero) is 1. The van der Waals surface area contributed by atoms with Gasteiger partial charge in [0.25, 0.3) is 0 Å². The van der Waals surface area contributed by atoms with Gasteiger partial charge in [-0.05, 0) is 94.0 Å². The molecule has 3 heteroatoms. The summed E-state index contributed by atoms with van der Waals surface area (Å²) >= 11 is 0. The SMILES string of the molecule is CCN(CC)c1ccc(/C=C2/CC(C)C/C(=C/c3ccc(N(CC)CC)cc3)C2=O)cc1. The van der Waals surface area contributed by atoms with Gasteiger partial charge in [0.05, 0.1) is 0 Å². The summed E-state index contributed by atoms with van der Waals surface area (Å²) in [6.07, 6.45) is 5.85. The third kappa shape index (κ3) is 5.70. The number of carbonyl (C=O) groups is 1. The zero-order chi connectivity index (χ0) is 23.1. The molecule has 0 saturated heterocycles. The van der Waals surface area contributed by atoms with E-state index in [4.69, 9.17) is 0 Å². The number of hydrogen-bond acceptors (Lipinski definition) is 3. The molecule has 2 aromatic rings. The van der Waals surface area contributed by atoms with E-state index >= 15 is 0 Å². The molecule has 0 heterocycles. The van der Waals surface area contributed by atoms with Crippen molar-refractivity contribution < 1.29 is 4.79 Å². The van der Waals surface area contributed by atoms with Crippen molar-refractivity contribution in [3.8, 4) is 0 Å². The van der Waals surface area contributed by atoms with Gasteiger partial charge in [-0.15, -0.1) is 0 Å². The second-order valence-electron chi connectivity index (χ2n) is 8.71. The lowest BCUT2D eigenvalue weighted by Crippen LogP contribution is -2.21. The fraction of sp³-hybridized carbons (Fsp3) is 0.414. The van der Waals surface area contributed by atoms with Crippen LogP contribution in [-0.4, -0.2) is 32.0 Å². The van der Waals surface area contributed by atoms with Crippen molar-refractivity contribution in [3.63, 3.8) is 0 Å². The lowest BCUT2D eigenvalue weighted by Gasteiger charge is -2.23. The van der Waals surface area contributed by atoms with Crippen LogP contribution in [0.3, 0.4) is 0 Å². The summed E-state index contributed by atoms with van der Waals surface area (Å²) in [5.41, 5.74) is 6.50. The standard InChI is InChI=1S/C29H38N2O/c1-6-30(7-2)27-14-10-23(11-15-27)20-25-18-22(5)19-26(29(25)32)21-24-12-16-28(17-13-24)31(8-3)9-4/h10-17,20-22H,6-9,18-19H2,1-5H3/b25-20-,26-21-. The zero-order valence-electron chi connectivity index (χ0n) is 20.4. The first kappa shape index (κ1) is 23.8. The Morgan fingerprint density at radius 1 is 0.688 bits per heavy atom. The van der Waals surface area contributed by atoms with Gasteiger partial charge in [-0.25, -0.2) is 0 Å². The van der Waals surface area contributed by atoms with E-state index in [1.807, 2.05) is 0 Å². The van der Waals surface area contributed by atoms with E-state index in [1.54, 1.807) is 0 Å². The van der Waals surface area contributed by atoms with Crippen LogP contribution in [0.15, 0.2) is 59.7 Å². The molecule has 0 spiro atoms. The Hall–Kier alpha value is -2.81. The Bertz CT molecular complexity index is 868. The molecule has 0 aromatic heterocycles. The van der Waals surface area contributed by atoms with E-state index in [1.165, 1.54) is 11.4 Å². The van der Waals surface area contributed by atoms with Crippen molar-refractivity contribution in [2.24, 2.45) is 5.92 Å². The number of benzene rings is 2. The molecule has 1 aliphatic carbocycles. The number of rotatable bonds is 8. The van der Waals surface area contributed by atoms with Gasteiger partial charge in [-0.2, -0.15) is 0 Å². The molecular weight excluding hydrogens is 392 g/mol. The molecule has 1 fully saturated rings. The first-order chi connectivity index (χ1) is 15.5. The van der Waals surface area contributed by atoms with Gasteiger partial charge >= 0.3 is 0 Å². The second-order valence-corrected chi connectivity index (χ2v) is 8.71. The van der Waals surface area contributed by atoms with Crippen LogP contribution in [0.2, 0.25) is 0 Å². The summed E-state index contributed by atoms with van der Waals surface area (Å²) in [6.45, 7) is 14.9. The van der Waals surface area contributed by atoms with Crippen molar-refractivity contribution in [3.05, 3.63) is 70.8 Å². The number of hydrogen-bond donors (Lipinski definition) is 0. The number of nitrogens with zero attached hydrogens (tertiary/aromatic N) is 2. The molecule has 2 aromatic carbocycles. The minimum atomic E-state index is 0.198. The summed E-state index contributed by atoms with van der Waals surface area (Å²) in [7, 11) is 0. The highest BCUT2D eigenvalue weighted by Crippen LogP contribution is 2.32. The topological polar surface area (TPSA) is 23.6 Å². The maximum Gasteiger partial charge on any atom is 0.185 e. The Morgan fingerprint density at radius 3 is 1.34 bits per heavy atom. The fourth-order valence-electron chi connectivity index (χ4n) is 4.61. The molecule has 170 valence electrons. The first-order valence-electron chi connectivity index (χ1n) is 12.1. The molecule has 0 N–H and O–H groups in total. The van der Waals surface area contributed by atoms with E-state index in [-0.39, 0.29) is 5.78 Å². The van der Waals surface area contributed by atoms with Crippen LogP contribution in [0.5, 0.6) is 0 Å². The number of carbonyl (C=O) groups excluding carboxylic acids is 1. The van der Waals surface area contributed by atoms with Crippen molar-refractivity contribution >= 4 is 29.3 Å². The summed E-state index contributed by atoms with van der Waals surface area (Å²) < 4.78 is 0. The maximum atomic E-state index is 13.3. The smallest absolute Gasteiger partial charge is 0.185 e. The monoisotopic (exact) mass is 430 g/mol. The highest BCUT2D eigenvalue weighted by Gasteiger charge is 2.25. The molecule has 3 rings (SSSR count). The summed E-state index contributed by atoms with van der Waals surface area (Å²) in [5.74, 6) is 0.666. The predicted molar refractivity (Wildman–Crippen MR) is 139 cm³/mol. The zero-order valence-corrected chi connectivity index (χ0v) is 20.4.